The molecule has 2 aliphatic carbocycles. The van der Waals surface area contributed by atoms with E-state index in [0.29, 0.717) is 58.4 Å². The van der Waals surface area contributed by atoms with E-state index in [9.17, 15) is 44.4 Å². The number of hydrogen-bond donors (Lipinski definition) is 6. The van der Waals surface area contributed by atoms with Gasteiger partial charge in [-0.05, 0) is 102 Å². The lowest BCUT2D eigenvalue weighted by Crippen LogP contribution is -2.32. The molecule has 1 amide bonds. The van der Waals surface area contributed by atoms with E-state index in [4.69, 9.17) is 14.6 Å². The number of hydrogen-bond acceptors (Lipinski definition) is 10. The highest BCUT2D eigenvalue weighted by molar-refractivity contribution is 6.09. The number of carbonyl (C=O) groups excluding carboxylic acids is 1. The molecule has 0 spiro atoms. The molecule has 2 heterocycles. The number of aromatic hydroxyl groups is 1. The van der Waals surface area contributed by atoms with E-state index in [1.54, 1.807) is 0 Å². The van der Waals surface area contributed by atoms with Crippen LogP contribution in [0, 0.1) is 5.41 Å². The van der Waals surface area contributed by atoms with Crippen molar-refractivity contribution in [2.24, 2.45) is 0 Å². The van der Waals surface area contributed by atoms with Crippen LogP contribution in [0.2, 0.25) is 0 Å². The zero-order valence-electron chi connectivity index (χ0n) is 31.6. The first-order valence-electron chi connectivity index (χ1n) is 18.5. The third kappa shape index (κ3) is 6.79. The summed E-state index contributed by atoms with van der Waals surface area (Å²) in [5.41, 5.74) is 3.75. The van der Waals surface area contributed by atoms with E-state index < -0.39 is 35.3 Å². The van der Waals surface area contributed by atoms with Crippen molar-refractivity contribution in [2.45, 2.75) is 31.9 Å². The largest absolute Gasteiger partial charge is 0.507 e. The van der Waals surface area contributed by atoms with Crippen LogP contribution in [0.3, 0.4) is 0 Å². The predicted octanol–water partition coefficient (Wildman–Crippen LogP) is 7.13. The molecule has 1 fully saturated rings. The average Bonchev–Trinajstić information content (AvgIpc) is 3.20. The first-order chi connectivity index (χ1) is 28.2. The fourth-order valence-electron chi connectivity index (χ4n) is 7.89. The summed E-state index contributed by atoms with van der Waals surface area (Å²) < 4.78 is 12.6. The van der Waals surface area contributed by atoms with Crippen LogP contribution in [0.25, 0.3) is 39.0 Å². The van der Waals surface area contributed by atoms with Gasteiger partial charge in [-0.15, -0.1) is 0 Å². The SMILES string of the molecule is CN(C)c1ccc2c(c1)OC1CC(=N)CCC1=C2c1cc(C(=O)NCc2c(O)ccc3c(-c4ccc(C(=O)O)cc4C(=O)O)c4ccc(=O)cc-4oc23)ccc1C(=O)O. The highest BCUT2D eigenvalue weighted by Gasteiger charge is 2.35. The number of amides is 1. The minimum atomic E-state index is -1.40. The molecule has 4 aromatic rings. The van der Waals surface area contributed by atoms with Gasteiger partial charge in [-0.2, -0.15) is 0 Å². The molecule has 1 saturated carbocycles. The Kier molecular flexibility index (Phi) is 9.47. The summed E-state index contributed by atoms with van der Waals surface area (Å²) in [6.45, 7) is -0.324. The lowest BCUT2D eigenvalue weighted by molar-refractivity contribution is 0.0682. The molecule has 4 aromatic carbocycles. The van der Waals surface area contributed by atoms with Crippen LogP contribution < -0.4 is 20.4 Å². The number of aromatic carboxylic acids is 3. The standard InChI is InChI=1S/C45H35N3O11/c1-48(2)24-6-11-29-37(18-24)58-36-17-23(46)5-10-28(36)40(29)32-15-21(3-9-27(32)44(54)55)42(51)47-20-34-35(50)14-13-31-39(30-12-7-25(49)19-38(30)59-41(31)34)26-8-4-22(43(52)53)16-33(26)45(56)57/h3-4,6-9,11-16,18-19,36,46,50H,5,10,17,20H2,1-2H3,(H,47,51)(H,52,53)(H,54,55)(H,56,57). The Bertz CT molecular complexity index is 2890. The third-order valence-corrected chi connectivity index (χ3v) is 10.8. The Hall–Kier alpha value is -7.74. The summed E-state index contributed by atoms with van der Waals surface area (Å²) in [5, 5.41) is 52.8. The number of benzene rings is 5. The van der Waals surface area contributed by atoms with Gasteiger partial charge in [-0.25, -0.2) is 14.4 Å². The monoisotopic (exact) mass is 793 g/mol. The second kappa shape index (κ2) is 14.6. The number of carboxylic acids is 3. The minimum absolute atomic E-state index is 0.0238. The van der Waals surface area contributed by atoms with Crippen LogP contribution in [-0.4, -0.2) is 70.2 Å². The highest BCUT2D eigenvalue weighted by Crippen LogP contribution is 2.47. The zero-order chi connectivity index (χ0) is 41.9. The smallest absolute Gasteiger partial charge is 0.336 e. The molecular formula is C45H35N3O11. The quantitative estimate of drug-likeness (QED) is 0.0804. The van der Waals surface area contributed by atoms with Crippen molar-refractivity contribution in [3.63, 3.8) is 0 Å². The van der Waals surface area contributed by atoms with Gasteiger partial charge in [0.1, 0.15) is 28.9 Å². The van der Waals surface area contributed by atoms with E-state index >= 15 is 0 Å². The number of carboxylic acid groups (broad SMARTS) is 3. The first-order valence-corrected chi connectivity index (χ1v) is 18.5. The van der Waals surface area contributed by atoms with E-state index in [0.717, 1.165) is 17.3 Å². The molecule has 4 aliphatic rings. The van der Waals surface area contributed by atoms with Gasteiger partial charge in [-0.3, -0.25) is 9.59 Å². The van der Waals surface area contributed by atoms with Gasteiger partial charge in [0.2, 0.25) is 0 Å². The van der Waals surface area contributed by atoms with Gasteiger partial charge < -0.3 is 45.2 Å². The molecule has 14 nitrogen and oxygen atoms in total. The summed E-state index contributed by atoms with van der Waals surface area (Å²) in [6.07, 6.45) is 0.790. The fourth-order valence-corrected chi connectivity index (χ4v) is 7.89. The zero-order valence-corrected chi connectivity index (χ0v) is 31.6. The Morgan fingerprint density at radius 2 is 1.51 bits per heavy atom. The Morgan fingerprint density at radius 3 is 2.24 bits per heavy atom. The summed E-state index contributed by atoms with van der Waals surface area (Å²) >= 11 is 0. The van der Waals surface area contributed by atoms with Crippen molar-refractivity contribution in [1.29, 1.82) is 5.41 Å². The number of fused-ring (bicyclic) bond motifs is 4. The summed E-state index contributed by atoms with van der Waals surface area (Å²) in [7, 11) is 3.78. The predicted molar refractivity (Wildman–Crippen MR) is 217 cm³/mol. The summed E-state index contributed by atoms with van der Waals surface area (Å²) in [4.78, 5) is 65.4. The number of phenols is 1. The van der Waals surface area contributed by atoms with Crippen LogP contribution in [0.1, 0.15) is 77.4 Å². The molecule has 0 saturated heterocycles. The minimum Gasteiger partial charge on any atom is -0.507 e. The fraction of sp³-hybridized carbons (Fsp3) is 0.156. The maximum atomic E-state index is 14.0. The number of carbonyl (C=O) groups is 4. The molecular weight excluding hydrogens is 759 g/mol. The second-order valence-electron chi connectivity index (χ2n) is 14.6. The van der Waals surface area contributed by atoms with Crippen molar-refractivity contribution in [3.8, 4) is 33.9 Å². The maximum absolute atomic E-state index is 14.0. The van der Waals surface area contributed by atoms with Crippen molar-refractivity contribution in [3.05, 3.63) is 140 Å². The lowest BCUT2D eigenvalue weighted by atomic mass is 9.79. The van der Waals surface area contributed by atoms with Crippen LogP contribution in [-0.2, 0) is 6.54 Å². The highest BCUT2D eigenvalue weighted by atomic mass is 16.5. The Morgan fingerprint density at radius 1 is 0.780 bits per heavy atom. The molecule has 0 radical (unpaired) electrons. The number of nitrogens with one attached hydrogen (secondary N) is 2. The molecule has 0 bridgehead atoms. The molecule has 6 N–H and O–H groups in total. The number of nitrogens with zero attached hydrogens (tertiary/aromatic N) is 1. The second-order valence-corrected chi connectivity index (χ2v) is 14.6. The molecule has 2 aliphatic heterocycles. The maximum Gasteiger partial charge on any atom is 0.336 e. The van der Waals surface area contributed by atoms with Crippen molar-refractivity contribution < 1.29 is 48.8 Å². The molecule has 0 aromatic heterocycles. The van der Waals surface area contributed by atoms with Crippen molar-refractivity contribution in [1.82, 2.24) is 5.32 Å². The third-order valence-electron chi connectivity index (χ3n) is 10.8. The number of ether oxygens (including phenoxy) is 1. The van der Waals surface area contributed by atoms with Crippen molar-refractivity contribution >= 4 is 51.8 Å². The van der Waals surface area contributed by atoms with Crippen LogP contribution >= 0.6 is 0 Å². The van der Waals surface area contributed by atoms with E-state index in [1.165, 1.54) is 60.7 Å². The van der Waals surface area contributed by atoms with Gasteiger partial charge in [0.25, 0.3) is 5.91 Å². The normalized spacial score (nSPS) is 14.7. The number of anilines is 1. The molecule has 8 rings (SSSR count). The number of phenolic OH excluding ortho intramolecular Hbond substituents is 1. The molecule has 59 heavy (non-hydrogen) atoms. The first kappa shape index (κ1) is 38.1. The van der Waals surface area contributed by atoms with E-state index in [2.05, 4.69) is 5.32 Å². The van der Waals surface area contributed by atoms with Gasteiger partial charge in [0.05, 0.1) is 28.8 Å². The van der Waals surface area contributed by atoms with Gasteiger partial charge >= 0.3 is 17.9 Å². The summed E-state index contributed by atoms with van der Waals surface area (Å²) in [6, 6.07) is 20.3. The molecule has 14 heteroatoms. The van der Waals surface area contributed by atoms with Gasteiger partial charge in [-0.1, -0.05) is 6.07 Å². The van der Waals surface area contributed by atoms with E-state index in [1.807, 2.05) is 37.2 Å². The molecule has 296 valence electrons. The topological polar surface area (TPSA) is 228 Å². The number of rotatable bonds is 9. The average molecular weight is 794 g/mol. The summed E-state index contributed by atoms with van der Waals surface area (Å²) in [5.74, 6) is -4.26. The van der Waals surface area contributed by atoms with E-state index in [-0.39, 0.29) is 62.6 Å². The van der Waals surface area contributed by atoms with Crippen molar-refractivity contribution in [2.75, 3.05) is 19.0 Å². The van der Waals surface area contributed by atoms with Crippen LogP contribution in [0.4, 0.5) is 5.69 Å². The van der Waals surface area contributed by atoms with Crippen LogP contribution in [0.5, 0.6) is 11.5 Å². The van der Waals surface area contributed by atoms with Gasteiger partial charge in [0, 0.05) is 71.7 Å². The van der Waals surface area contributed by atoms with Gasteiger partial charge in [0.15, 0.2) is 5.43 Å². The molecule has 1 unspecified atom stereocenters. The van der Waals surface area contributed by atoms with Crippen LogP contribution in [0.15, 0.2) is 99.7 Å². The lowest BCUT2D eigenvalue weighted by Gasteiger charge is -2.35. The Balaban J connectivity index is 1.22. The molecule has 1 atom stereocenters. The Labute approximate surface area is 335 Å².